The number of nitrogens with zero attached hydrogens (tertiary/aromatic N) is 3. The van der Waals surface area contributed by atoms with Gasteiger partial charge in [-0.15, -0.1) is 0 Å². The van der Waals surface area contributed by atoms with Crippen LogP contribution in [-0.4, -0.2) is 80.8 Å². The highest BCUT2D eigenvalue weighted by Crippen LogP contribution is 2.36. The molecule has 2 aliphatic heterocycles. The van der Waals surface area contributed by atoms with Crippen molar-refractivity contribution in [3.63, 3.8) is 0 Å². The summed E-state index contributed by atoms with van der Waals surface area (Å²) in [7, 11) is 0. The summed E-state index contributed by atoms with van der Waals surface area (Å²) in [6, 6.07) is 1.25. The van der Waals surface area contributed by atoms with Crippen LogP contribution in [0.1, 0.15) is 38.3 Å². The second-order valence-corrected chi connectivity index (χ2v) is 8.25. The van der Waals surface area contributed by atoms with Crippen LogP contribution in [0.2, 0.25) is 0 Å². The third-order valence-electron chi connectivity index (χ3n) is 5.60. The van der Waals surface area contributed by atoms with Crippen molar-refractivity contribution in [2.45, 2.75) is 62.7 Å². The highest BCUT2D eigenvalue weighted by molar-refractivity contribution is 5.90. The van der Waals surface area contributed by atoms with Crippen LogP contribution in [0.15, 0.2) is 29.2 Å². The second-order valence-electron chi connectivity index (χ2n) is 8.25. The smallest absolute Gasteiger partial charge is 0.434 e. The fraction of sp³-hybridized carbons (Fsp3) is 0.619. The molecule has 194 valence electrons. The van der Waals surface area contributed by atoms with E-state index in [1.54, 1.807) is 0 Å². The number of alkyl halides is 2. The van der Waals surface area contributed by atoms with Crippen LogP contribution < -0.4 is 11.4 Å². The van der Waals surface area contributed by atoms with E-state index < -0.39 is 61.9 Å². The maximum absolute atomic E-state index is 14.3. The molecule has 0 radical (unpaired) electrons. The first kappa shape index (κ1) is 26.5. The first-order valence-corrected chi connectivity index (χ1v) is 11.1. The Morgan fingerprint density at radius 2 is 2.03 bits per heavy atom. The summed E-state index contributed by atoms with van der Waals surface area (Å²) in [6.07, 6.45) is -2.65. The first-order valence-electron chi connectivity index (χ1n) is 11.1. The molecule has 12 nitrogen and oxygen atoms in total. The number of rotatable bonds is 9. The molecule has 1 saturated heterocycles. The molecule has 3 rings (SSSR count). The van der Waals surface area contributed by atoms with Gasteiger partial charge in [0.25, 0.3) is 5.92 Å². The third-order valence-corrected chi connectivity index (χ3v) is 5.60. The van der Waals surface area contributed by atoms with Crippen LogP contribution in [0, 0.1) is 0 Å². The van der Waals surface area contributed by atoms with E-state index in [0.717, 1.165) is 10.8 Å². The Hall–Kier alpha value is -3.10. The van der Waals surface area contributed by atoms with Gasteiger partial charge < -0.3 is 35.1 Å². The van der Waals surface area contributed by atoms with Crippen LogP contribution in [0.25, 0.3) is 0 Å². The summed E-state index contributed by atoms with van der Waals surface area (Å²) in [6.45, 7) is -0.103. The Balaban J connectivity index is 1.43. The van der Waals surface area contributed by atoms with Crippen molar-refractivity contribution < 1.29 is 42.8 Å². The van der Waals surface area contributed by atoms with Gasteiger partial charge in [-0.25, -0.2) is 18.4 Å². The Kier molecular flexibility index (Phi) is 8.75. The molecule has 35 heavy (non-hydrogen) atoms. The van der Waals surface area contributed by atoms with E-state index in [9.17, 15) is 33.4 Å². The maximum atomic E-state index is 14.3. The highest BCUT2D eigenvalue weighted by atomic mass is 19.3. The van der Waals surface area contributed by atoms with Gasteiger partial charge in [0.15, 0.2) is 0 Å². The molecule has 1 amide bonds. The lowest BCUT2D eigenvalue weighted by atomic mass is 10.0. The van der Waals surface area contributed by atoms with Crippen LogP contribution in [0.3, 0.4) is 0 Å². The van der Waals surface area contributed by atoms with Crippen molar-refractivity contribution >= 4 is 17.9 Å². The standard InChI is InChI=1S/C21H28F2N4O8/c22-21(23)11-18(27-8-6-15(24)25-19(27)31)35-13(10-14(21)28)12-34-20(32)33-9-3-1-2-7-26-16(29)4-5-17(26)30/h4-6,8,13-14,16,18,28-29H,1-3,7,9-12H2,(H2,24,25,31)/t13-,14-,16?,18?/m0/s1. The van der Waals surface area contributed by atoms with Gasteiger partial charge in [-0.1, -0.05) is 0 Å². The molecule has 1 aromatic heterocycles. The molecular formula is C21H28F2N4O8. The minimum atomic E-state index is -3.56. The minimum absolute atomic E-state index is 0.0227. The summed E-state index contributed by atoms with van der Waals surface area (Å²) in [4.78, 5) is 40.2. The van der Waals surface area contributed by atoms with Crippen molar-refractivity contribution in [2.24, 2.45) is 0 Å². The molecule has 2 unspecified atom stereocenters. The average molecular weight is 502 g/mol. The SMILES string of the molecule is Nc1ccn(C2CC(F)(F)[C@@H](O)C[C@@H](COC(=O)OCCCCCN3C(=O)C=CC3O)O2)c(=O)n1. The molecule has 3 heterocycles. The van der Waals surface area contributed by atoms with Crippen LogP contribution in [0.5, 0.6) is 0 Å². The number of hydrogen-bond acceptors (Lipinski definition) is 10. The number of unbranched alkanes of at least 4 members (excludes halogenated alkanes) is 2. The number of aliphatic hydroxyl groups excluding tert-OH is 2. The van der Waals surface area contributed by atoms with Gasteiger partial charge in [0, 0.05) is 25.2 Å². The fourth-order valence-corrected chi connectivity index (χ4v) is 3.69. The summed E-state index contributed by atoms with van der Waals surface area (Å²) in [5, 5.41) is 19.5. The molecule has 4 N–H and O–H groups in total. The number of hydrogen-bond donors (Lipinski definition) is 3. The fourth-order valence-electron chi connectivity index (χ4n) is 3.69. The van der Waals surface area contributed by atoms with Crippen molar-refractivity contribution in [2.75, 3.05) is 25.5 Å². The number of carbonyl (C=O) groups excluding carboxylic acids is 2. The Morgan fingerprint density at radius 1 is 1.26 bits per heavy atom. The number of nitrogen functional groups attached to an aromatic ring is 1. The van der Waals surface area contributed by atoms with E-state index in [1.165, 1.54) is 23.1 Å². The topological polar surface area (TPSA) is 166 Å². The number of ether oxygens (including phenoxy) is 3. The molecule has 0 saturated carbocycles. The van der Waals surface area contributed by atoms with Gasteiger partial charge >= 0.3 is 11.8 Å². The van der Waals surface area contributed by atoms with Gasteiger partial charge in [-0.2, -0.15) is 4.98 Å². The van der Waals surface area contributed by atoms with Crippen LogP contribution in [-0.2, 0) is 19.0 Å². The lowest BCUT2D eigenvalue weighted by molar-refractivity contribution is -0.130. The highest BCUT2D eigenvalue weighted by Gasteiger charge is 2.46. The van der Waals surface area contributed by atoms with Crippen LogP contribution in [0.4, 0.5) is 19.4 Å². The lowest BCUT2D eigenvalue weighted by Crippen LogP contribution is -2.36. The molecule has 1 aromatic rings. The largest absolute Gasteiger partial charge is 0.508 e. The van der Waals surface area contributed by atoms with Crippen LogP contribution >= 0.6 is 0 Å². The minimum Gasteiger partial charge on any atom is -0.434 e. The van der Waals surface area contributed by atoms with Crippen molar-refractivity contribution in [1.29, 1.82) is 0 Å². The lowest BCUT2D eigenvalue weighted by Gasteiger charge is -2.23. The van der Waals surface area contributed by atoms with Crippen molar-refractivity contribution in [1.82, 2.24) is 14.5 Å². The molecule has 0 spiro atoms. The van der Waals surface area contributed by atoms with Crippen molar-refractivity contribution in [3.8, 4) is 0 Å². The molecule has 0 bridgehead atoms. The predicted octanol–water partition coefficient (Wildman–Crippen LogP) is 0.540. The summed E-state index contributed by atoms with van der Waals surface area (Å²) >= 11 is 0. The van der Waals surface area contributed by atoms with Gasteiger partial charge in [0.05, 0.1) is 19.1 Å². The monoisotopic (exact) mass is 502 g/mol. The predicted molar refractivity (Wildman–Crippen MR) is 115 cm³/mol. The molecule has 0 aromatic carbocycles. The molecule has 0 aliphatic carbocycles. The zero-order chi connectivity index (χ0) is 25.6. The second kappa shape index (κ2) is 11.6. The number of anilines is 1. The number of nitrogens with two attached hydrogens (primary N) is 1. The van der Waals surface area contributed by atoms with E-state index in [0.29, 0.717) is 25.8 Å². The number of aromatic nitrogens is 2. The van der Waals surface area contributed by atoms with E-state index in [-0.39, 0.29) is 18.3 Å². The zero-order valence-corrected chi connectivity index (χ0v) is 18.8. The van der Waals surface area contributed by atoms with Gasteiger partial charge in [0.2, 0.25) is 5.91 Å². The number of halogens is 2. The zero-order valence-electron chi connectivity index (χ0n) is 18.8. The number of amides is 1. The third kappa shape index (κ3) is 7.19. The van der Waals surface area contributed by atoms with Crippen molar-refractivity contribution in [3.05, 3.63) is 34.9 Å². The summed E-state index contributed by atoms with van der Waals surface area (Å²) < 4.78 is 44.9. The Morgan fingerprint density at radius 3 is 2.71 bits per heavy atom. The normalized spacial score (nSPS) is 25.9. The van der Waals surface area contributed by atoms with E-state index >= 15 is 0 Å². The average Bonchev–Trinajstić information content (AvgIpc) is 3.04. The molecular weight excluding hydrogens is 474 g/mol. The van der Waals surface area contributed by atoms with Gasteiger partial charge in [-0.05, 0) is 31.4 Å². The first-order chi connectivity index (χ1) is 16.6. The van der Waals surface area contributed by atoms with E-state index in [2.05, 4.69) is 4.98 Å². The Labute approximate surface area is 198 Å². The number of aliphatic hydroxyl groups is 2. The van der Waals surface area contributed by atoms with Gasteiger partial charge in [0.1, 0.15) is 31.0 Å². The quantitative estimate of drug-likeness (QED) is 0.320. The molecule has 4 atom stereocenters. The molecule has 2 aliphatic rings. The summed E-state index contributed by atoms with van der Waals surface area (Å²) in [5.74, 6) is -3.92. The number of carbonyl (C=O) groups is 2. The summed E-state index contributed by atoms with van der Waals surface area (Å²) in [5.41, 5.74) is 4.52. The Bertz CT molecular complexity index is 988. The van der Waals surface area contributed by atoms with Gasteiger partial charge in [-0.3, -0.25) is 9.36 Å². The molecule has 1 fully saturated rings. The molecule has 14 heteroatoms. The maximum Gasteiger partial charge on any atom is 0.508 e. The van der Waals surface area contributed by atoms with E-state index in [1.807, 2.05) is 0 Å². The van der Waals surface area contributed by atoms with E-state index in [4.69, 9.17) is 19.9 Å².